The number of hydrogen-bond acceptors (Lipinski definition) is 5. The SMILES string of the molecule is Nc1ccc(-c2cccs2)cc1NC(=O)c1cc2ccc(C(F)C(=O)NCc3ccccc3)cc2s1. The van der Waals surface area contributed by atoms with Crippen LogP contribution in [0.25, 0.3) is 20.5 Å². The summed E-state index contributed by atoms with van der Waals surface area (Å²) in [5, 5.41) is 8.31. The van der Waals surface area contributed by atoms with Gasteiger partial charge < -0.3 is 16.4 Å². The lowest BCUT2D eigenvalue weighted by atomic mass is 10.1. The van der Waals surface area contributed by atoms with Gasteiger partial charge in [-0.15, -0.1) is 22.7 Å². The zero-order chi connectivity index (χ0) is 25.1. The van der Waals surface area contributed by atoms with Crippen molar-refractivity contribution < 1.29 is 14.0 Å². The summed E-state index contributed by atoms with van der Waals surface area (Å²) >= 11 is 2.84. The maximum Gasteiger partial charge on any atom is 0.265 e. The van der Waals surface area contributed by atoms with Crippen molar-refractivity contribution in [3.8, 4) is 10.4 Å². The van der Waals surface area contributed by atoms with Crippen molar-refractivity contribution in [3.05, 3.63) is 106 Å². The molecule has 5 nitrogen and oxygen atoms in total. The van der Waals surface area contributed by atoms with Crippen molar-refractivity contribution in [1.82, 2.24) is 5.32 Å². The standard InChI is InChI=1S/C28H22FN3O2S2/c29-26(28(34)31-16-17-5-2-1-3-6-17)20-9-8-19-14-25(36-24(19)15-20)27(33)32-22-13-18(10-11-21(22)30)23-7-4-12-35-23/h1-15,26H,16,30H2,(H,31,34)(H,32,33). The molecule has 8 heteroatoms. The van der Waals surface area contributed by atoms with Crippen LogP contribution in [0, 0.1) is 0 Å². The van der Waals surface area contributed by atoms with Gasteiger partial charge in [-0.25, -0.2) is 4.39 Å². The Morgan fingerprint density at radius 2 is 1.78 bits per heavy atom. The van der Waals surface area contributed by atoms with E-state index >= 15 is 0 Å². The molecule has 0 spiro atoms. The van der Waals surface area contributed by atoms with Crippen molar-refractivity contribution in [2.45, 2.75) is 12.7 Å². The summed E-state index contributed by atoms with van der Waals surface area (Å²) in [5.74, 6) is -1.00. The third-order valence-corrected chi connectivity index (χ3v) is 7.72. The summed E-state index contributed by atoms with van der Waals surface area (Å²) in [7, 11) is 0. The summed E-state index contributed by atoms with van der Waals surface area (Å²) in [5.41, 5.74) is 9.20. The molecule has 180 valence electrons. The Bertz CT molecular complexity index is 1530. The fourth-order valence-electron chi connectivity index (χ4n) is 3.79. The Balaban J connectivity index is 1.30. The lowest BCUT2D eigenvalue weighted by molar-refractivity contribution is -0.126. The van der Waals surface area contributed by atoms with Gasteiger partial charge in [-0.1, -0.05) is 54.6 Å². The number of nitrogen functional groups attached to an aromatic ring is 1. The summed E-state index contributed by atoms with van der Waals surface area (Å²) in [6.07, 6.45) is -1.81. The quantitative estimate of drug-likeness (QED) is 0.209. The van der Waals surface area contributed by atoms with E-state index in [0.717, 1.165) is 26.1 Å². The Morgan fingerprint density at radius 1 is 0.944 bits per heavy atom. The largest absolute Gasteiger partial charge is 0.397 e. The van der Waals surface area contributed by atoms with Crippen LogP contribution in [-0.4, -0.2) is 11.8 Å². The molecule has 3 aromatic carbocycles. The summed E-state index contributed by atoms with van der Waals surface area (Å²) in [6, 6.07) is 25.5. The Kier molecular flexibility index (Phi) is 6.79. The highest BCUT2D eigenvalue weighted by molar-refractivity contribution is 7.21. The van der Waals surface area contributed by atoms with Crippen molar-refractivity contribution in [3.63, 3.8) is 0 Å². The molecule has 0 saturated carbocycles. The van der Waals surface area contributed by atoms with E-state index in [2.05, 4.69) is 10.6 Å². The van der Waals surface area contributed by atoms with Crippen LogP contribution in [0.15, 0.2) is 90.3 Å². The normalized spacial score (nSPS) is 11.8. The van der Waals surface area contributed by atoms with E-state index in [1.54, 1.807) is 41.7 Å². The summed E-state index contributed by atoms with van der Waals surface area (Å²) in [6.45, 7) is 0.252. The van der Waals surface area contributed by atoms with E-state index in [9.17, 15) is 14.0 Å². The lowest BCUT2D eigenvalue weighted by Crippen LogP contribution is -2.26. The first-order chi connectivity index (χ1) is 17.5. The lowest BCUT2D eigenvalue weighted by Gasteiger charge is -2.10. The molecule has 0 aliphatic heterocycles. The van der Waals surface area contributed by atoms with Crippen molar-refractivity contribution >= 4 is 55.9 Å². The van der Waals surface area contributed by atoms with E-state index < -0.39 is 12.1 Å². The van der Waals surface area contributed by atoms with E-state index in [-0.39, 0.29) is 18.0 Å². The van der Waals surface area contributed by atoms with Crippen LogP contribution < -0.4 is 16.4 Å². The Labute approximate surface area is 215 Å². The second-order valence-electron chi connectivity index (χ2n) is 8.21. The minimum Gasteiger partial charge on any atom is -0.397 e. The van der Waals surface area contributed by atoms with Gasteiger partial charge >= 0.3 is 0 Å². The number of anilines is 2. The van der Waals surface area contributed by atoms with Crippen molar-refractivity contribution in [2.75, 3.05) is 11.1 Å². The van der Waals surface area contributed by atoms with Crippen LogP contribution in [0.1, 0.15) is 27.0 Å². The van der Waals surface area contributed by atoms with Crippen LogP contribution in [0.3, 0.4) is 0 Å². The molecule has 2 heterocycles. The zero-order valence-electron chi connectivity index (χ0n) is 19.0. The monoisotopic (exact) mass is 515 g/mol. The van der Waals surface area contributed by atoms with E-state index in [1.165, 1.54) is 11.3 Å². The van der Waals surface area contributed by atoms with Crippen molar-refractivity contribution in [1.29, 1.82) is 0 Å². The molecular weight excluding hydrogens is 493 g/mol. The average molecular weight is 516 g/mol. The third kappa shape index (κ3) is 5.15. The third-order valence-electron chi connectivity index (χ3n) is 5.71. The Hall–Kier alpha value is -4.01. The molecule has 1 unspecified atom stereocenters. The van der Waals surface area contributed by atoms with Crippen molar-refractivity contribution in [2.24, 2.45) is 0 Å². The smallest absolute Gasteiger partial charge is 0.265 e. The maximum absolute atomic E-state index is 14.9. The molecule has 5 rings (SSSR count). The predicted octanol–water partition coefficient (Wildman–Crippen LogP) is 6.79. The number of rotatable bonds is 7. The maximum atomic E-state index is 14.9. The number of halogens is 1. The van der Waals surface area contributed by atoms with Gasteiger partial charge in [0.2, 0.25) is 6.17 Å². The molecular formula is C28H22FN3O2S2. The second-order valence-corrected chi connectivity index (χ2v) is 10.2. The minimum absolute atomic E-state index is 0.245. The molecule has 0 aliphatic carbocycles. The van der Waals surface area contributed by atoms with E-state index in [4.69, 9.17) is 5.73 Å². The number of carbonyl (C=O) groups is 2. The van der Waals surface area contributed by atoms with Crippen LogP contribution >= 0.6 is 22.7 Å². The fraction of sp³-hybridized carbons (Fsp3) is 0.0714. The molecule has 0 fully saturated rings. The molecule has 36 heavy (non-hydrogen) atoms. The van der Waals surface area contributed by atoms with Crippen LogP contribution in [0.5, 0.6) is 0 Å². The first kappa shape index (κ1) is 23.7. The number of carbonyl (C=O) groups excluding carboxylic acids is 2. The van der Waals surface area contributed by atoms with Crippen LogP contribution in [0.4, 0.5) is 15.8 Å². The average Bonchev–Trinajstić information content (AvgIpc) is 3.59. The highest BCUT2D eigenvalue weighted by Gasteiger charge is 2.21. The first-order valence-electron chi connectivity index (χ1n) is 11.2. The first-order valence-corrected chi connectivity index (χ1v) is 12.9. The van der Waals surface area contributed by atoms with Gasteiger partial charge in [-0.05, 0) is 57.8 Å². The van der Waals surface area contributed by atoms with Gasteiger partial charge in [0.15, 0.2) is 0 Å². The number of nitrogens with one attached hydrogen (secondary N) is 2. The molecule has 0 bridgehead atoms. The van der Waals surface area contributed by atoms with E-state index in [1.807, 2.05) is 60.0 Å². The van der Waals surface area contributed by atoms with Gasteiger partial charge in [0, 0.05) is 16.1 Å². The highest BCUT2D eigenvalue weighted by atomic mass is 32.1. The minimum atomic E-state index is -1.81. The molecule has 2 amide bonds. The Morgan fingerprint density at radius 3 is 2.56 bits per heavy atom. The van der Waals surface area contributed by atoms with Gasteiger partial charge in [0.05, 0.1) is 16.3 Å². The number of nitrogens with two attached hydrogens (primary N) is 1. The zero-order valence-corrected chi connectivity index (χ0v) is 20.7. The number of amides is 2. The number of fused-ring (bicyclic) bond motifs is 1. The fourth-order valence-corrected chi connectivity index (χ4v) is 5.52. The topological polar surface area (TPSA) is 84.2 Å². The number of thiophene rings is 2. The van der Waals surface area contributed by atoms with Gasteiger partial charge in [-0.3, -0.25) is 9.59 Å². The molecule has 4 N–H and O–H groups in total. The summed E-state index contributed by atoms with van der Waals surface area (Å²) in [4.78, 5) is 26.9. The molecule has 0 radical (unpaired) electrons. The number of hydrogen-bond donors (Lipinski definition) is 3. The molecule has 2 aromatic heterocycles. The molecule has 0 saturated heterocycles. The molecule has 5 aromatic rings. The van der Waals surface area contributed by atoms with Gasteiger partial charge in [0.1, 0.15) is 0 Å². The molecule has 0 aliphatic rings. The molecule has 1 atom stereocenters. The van der Waals surface area contributed by atoms with Gasteiger partial charge in [-0.2, -0.15) is 0 Å². The van der Waals surface area contributed by atoms with Crippen LogP contribution in [0.2, 0.25) is 0 Å². The highest BCUT2D eigenvalue weighted by Crippen LogP contribution is 2.33. The second kappa shape index (κ2) is 10.3. The number of benzene rings is 3. The summed E-state index contributed by atoms with van der Waals surface area (Å²) < 4.78 is 15.6. The van der Waals surface area contributed by atoms with E-state index in [0.29, 0.717) is 16.3 Å². The van der Waals surface area contributed by atoms with Crippen LogP contribution in [-0.2, 0) is 11.3 Å². The van der Waals surface area contributed by atoms with Gasteiger partial charge in [0.25, 0.3) is 11.8 Å². The number of alkyl halides is 1. The predicted molar refractivity (Wildman–Crippen MR) is 146 cm³/mol.